The zero-order chi connectivity index (χ0) is 12.1. The van der Waals surface area contributed by atoms with Gasteiger partial charge in [0.1, 0.15) is 18.2 Å². The van der Waals surface area contributed by atoms with Crippen molar-refractivity contribution in [2.45, 2.75) is 13.3 Å². The molecule has 88 valence electrons. The van der Waals surface area contributed by atoms with Gasteiger partial charge in [-0.3, -0.25) is 0 Å². The first-order chi connectivity index (χ1) is 7.54. The monoisotopic (exact) mass is 233 g/mol. The number of ether oxygens (including phenoxy) is 1. The summed E-state index contributed by atoms with van der Waals surface area (Å²) in [5.41, 5.74) is 0.229. The molecular formula is C10H10F3NO2. The minimum atomic E-state index is -2.62. The van der Waals surface area contributed by atoms with E-state index in [4.69, 9.17) is 9.94 Å². The number of hydrogen-bond acceptors (Lipinski definition) is 3. The summed E-state index contributed by atoms with van der Waals surface area (Å²) in [5.74, 6) is -0.514. The van der Waals surface area contributed by atoms with Gasteiger partial charge in [-0.1, -0.05) is 5.16 Å². The summed E-state index contributed by atoms with van der Waals surface area (Å²) in [6, 6.07) is 3.34. The summed E-state index contributed by atoms with van der Waals surface area (Å²) in [5, 5.41) is 11.4. The van der Waals surface area contributed by atoms with Gasteiger partial charge in [-0.25, -0.2) is 13.2 Å². The molecule has 0 aliphatic rings. The molecule has 1 aromatic carbocycles. The lowest BCUT2D eigenvalue weighted by atomic mass is 10.1. The zero-order valence-electron chi connectivity index (χ0n) is 8.45. The van der Waals surface area contributed by atoms with E-state index >= 15 is 0 Å². The Hall–Kier alpha value is -1.72. The summed E-state index contributed by atoms with van der Waals surface area (Å²) in [7, 11) is 0. The standard InChI is InChI=1S/C10H10F3NO2/c1-6(14-15)8-4-7(11)2-3-9(8)16-5-10(12)13/h2-4,10,15H,5H2,1H3. The minimum Gasteiger partial charge on any atom is -0.487 e. The number of nitrogens with zero attached hydrogens (tertiary/aromatic N) is 1. The van der Waals surface area contributed by atoms with Crippen LogP contribution in [-0.2, 0) is 0 Å². The maximum Gasteiger partial charge on any atom is 0.272 e. The van der Waals surface area contributed by atoms with Crippen LogP contribution in [0.1, 0.15) is 12.5 Å². The van der Waals surface area contributed by atoms with Gasteiger partial charge >= 0.3 is 0 Å². The Morgan fingerprint density at radius 1 is 1.50 bits per heavy atom. The fourth-order valence-electron chi connectivity index (χ4n) is 1.12. The highest BCUT2D eigenvalue weighted by atomic mass is 19.3. The maximum absolute atomic E-state index is 12.9. The normalized spacial score (nSPS) is 11.9. The Morgan fingerprint density at radius 2 is 2.19 bits per heavy atom. The summed E-state index contributed by atoms with van der Waals surface area (Å²) in [6.45, 7) is 0.612. The Morgan fingerprint density at radius 3 is 2.75 bits per heavy atom. The van der Waals surface area contributed by atoms with Crippen molar-refractivity contribution in [3.05, 3.63) is 29.6 Å². The van der Waals surface area contributed by atoms with Gasteiger partial charge in [-0.2, -0.15) is 0 Å². The lowest BCUT2D eigenvalue weighted by Crippen LogP contribution is -2.10. The fraction of sp³-hybridized carbons (Fsp3) is 0.300. The minimum absolute atomic E-state index is 0.0528. The van der Waals surface area contributed by atoms with Crippen LogP contribution < -0.4 is 4.74 Å². The third-order valence-corrected chi connectivity index (χ3v) is 1.85. The molecule has 0 unspecified atom stereocenters. The van der Waals surface area contributed by atoms with Crippen LogP contribution in [0.2, 0.25) is 0 Å². The molecule has 0 radical (unpaired) electrons. The first-order valence-electron chi connectivity index (χ1n) is 4.44. The number of hydrogen-bond donors (Lipinski definition) is 1. The second-order valence-electron chi connectivity index (χ2n) is 3.03. The molecule has 1 aromatic rings. The molecule has 0 atom stereocenters. The molecule has 16 heavy (non-hydrogen) atoms. The van der Waals surface area contributed by atoms with Gasteiger partial charge in [-0.15, -0.1) is 0 Å². The van der Waals surface area contributed by atoms with Crippen molar-refractivity contribution in [3.63, 3.8) is 0 Å². The van der Waals surface area contributed by atoms with Gasteiger partial charge in [0.2, 0.25) is 0 Å². The van der Waals surface area contributed by atoms with Crippen molar-refractivity contribution in [2.75, 3.05) is 6.61 Å². The SMILES string of the molecule is CC(=NO)c1cc(F)ccc1OCC(F)F. The predicted octanol–water partition coefficient (Wildman–Crippen LogP) is 2.67. The Bertz CT molecular complexity index is 394. The van der Waals surface area contributed by atoms with Crippen LogP contribution in [0, 0.1) is 5.82 Å². The molecule has 0 heterocycles. The average Bonchev–Trinajstić information content (AvgIpc) is 2.26. The van der Waals surface area contributed by atoms with Crippen molar-refractivity contribution in [1.82, 2.24) is 0 Å². The van der Waals surface area contributed by atoms with E-state index in [1.54, 1.807) is 0 Å². The average molecular weight is 233 g/mol. The topological polar surface area (TPSA) is 41.8 Å². The molecule has 1 N–H and O–H groups in total. The van der Waals surface area contributed by atoms with Crippen molar-refractivity contribution >= 4 is 5.71 Å². The maximum atomic E-state index is 12.9. The molecule has 0 amide bonds. The molecule has 3 nitrogen and oxygen atoms in total. The Kier molecular flexibility index (Phi) is 4.16. The van der Waals surface area contributed by atoms with Gasteiger partial charge in [0.05, 0.1) is 5.71 Å². The molecule has 0 aliphatic heterocycles. The van der Waals surface area contributed by atoms with Crippen LogP contribution in [0.5, 0.6) is 5.75 Å². The second-order valence-corrected chi connectivity index (χ2v) is 3.03. The second kappa shape index (κ2) is 5.39. The smallest absolute Gasteiger partial charge is 0.272 e. The van der Waals surface area contributed by atoms with Gasteiger partial charge in [0, 0.05) is 5.56 Å². The molecule has 0 aromatic heterocycles. The third-order valence-electron chi connectivity index (χ3n) is 1.85. The molecule has 6 heteroatoms. The number of rotatable bonds is 4. The van der Waals surface area contributed by atoms with E-state index in [0.717, 1.165) is 12.1 Å². The predicted molar refractivity (Wildman–Crippen MR) is 51.9 cm³/mol. The summed E-state index contributed by atoms with van der Waals surface area (Å²) < 4.78 is 41.5. The highest BCUT2D eigenvalue weighted by molar-refractivity contribution is 6.00. The van der Waals surface area contributed by atoms with E-state index in [9.17, 15) is 13.2 Å². The van der Waals surface area contributed by atoms with E-state index in [1.165, 1.54) is 13.0 Å². The first-order valence-corrected chi connectivity index (χ1v) is 4.44. The molecular weight excluding hydrogens is 223 g/mol. The molecule has 0 saturated carbocycles. The lowest BCUT2D eigenvalue weighted by molar-refractivity contribution is 0.0817. The molecule has 0 saturated heterocycles. The molecule has 0 aliphatic carbocycles. The van der Waals surface area contributed by atoms with E-state index in [0.29, 0.717) is 0 Å². The Labute approximate surface area is 90.1 Å². The van der Waals surface area contributed by atoms with Gasteiger partial charge in [-0.05, 0) is 25.1 Å². The quantitative estimate of drug-likeness (QED) is 0.493. The van der Waals surface area contributed by atoms with Crippen molar-refractivity contribution in [3.8, 4) is 5.75 Å². The van der Waals surface area contributed by atoms with Crippen LogP contribution >= 0.6 is 0 Å². The van der Waals surface area contributed by atoms with Crippen LogP contribution in [0.4, 0.5) is 13.2 Å². The van der Waals surface area contributed by atoms with E-state index in [2.05, 4.69) is 5.16 Å². The van der Waals surface area contributed by atoms with E-state index in [-0.39, 0.29) is 17.0 Å². The number of halogens is 3. The fourth-order valence-corrected chi connectivity index (χ4v) is 1.12. The van der Waals surface area contributed by atoms with Crippen molar-refractivity contribution in [2.24, 2.45) is 5.16 Å². The Balaban J connectivity index is 2.98. The van der Waals surface area contributed by atoms with Gasteiger partial charge in [0.25, 0.3) is 6.43 Å². The molecule has 0 fully saturated rings. The first kappa shape index (κ1) is 12.4. The lowest BCUT2D eigenvalue weighted by Gasteiger charge is -2.10. The third kappa shape index (κ3) is 3.15. The number of benzene rings is 1. The molecule has 1 rings (SSSR count). The number of alkyl halides is 2. The summed E-state index contributed by atoms with van der Waals surface area (Å²) in [4.78, 5) is 0. The van der Waals surface area contributed by atoms with Crippen LogP contribution in [0.3, 0.4) is 0 Å². The zero-order valence-corrected chi connectivity index (χ0v) is 8.45. The summed E-state index contributed by atoms with van der Waals surface area (Å²) in [6.07, 6.45) is -2.62. The molecule has 0 spiro atoms. The van der Waals surface area contributed by atoms with Crippen molar-refractivity contribution < 1.29 is 23.1 Å². The summed E-state index contributed by atoms with van der Waals surface area (Å²) >= 11 is 0. The highest BCUT2D eigenvalue weighted by Crippen LogP contribution is 2.21. The van der Waals surface area contributed by atoms with Gasteiger partial charge in [0.15, 0.2) is 0 Å². The largest absolute Gasteiger partial charge is 0.487 e. The van der Waals surface area contributed by atoms with E-state index < -0.39 is 18.8 Å². The van der Waals surface area contributed by atoms with Crippen LogP contribution in [0.15, 0.2) is 23.4 Å². The van der Waals surface area contributed by atoms with Gasteiger partial charge < -0.3 is 9.94 Å². The van der Waals surface area contributed by atoms with Crippen molar-refractivity contribution in [1.29, 1.82) is 0 Å². The highest BCUT2D eigenvalue weighted by Gasteiger charge is 2.11. The molecule has 0 bridgehead atoms. The van der Waals surface area contributed by atoms with Crippen LogP contribution in [0.25, 0.3) is 0 Å². The number of oxime groups is 1. The van der Waals surface area contributed by atoms with Crippen LogP contribution in [-0.4, -0.2) is 24.0 Å². The van der Waals surface area contributed by atoms with E-state index in [1.807, 2.05) is 0 Å².